The minimum Gasteiger partial charge on any atom is -0.493 e. The Bertz CT molecular complexity index is 1150. The van der Waals surface area contributed by atoms with Gasteiger partial charge in [0.1, 0.15) is 0 Å². The molecule has 3 aromatic rings. The van der Waals surface area contributed by atoms with Crippen molar-refractivity contribution in [3.63, 3.8) is 0 Å². The summed E-state index contributed by atoms with van der Waals surface area (Å²) in [5, 5.41) is 8.91. The van der Waals surface area contributed by atoms with Gasteiger partial charge < -0.3 is 14.2 Å². The molecule has 0 radical (unpaired) electrons. The number of aromatic nitrogens is 2. The van der Waals surface area contributed by atoms with E-state index in [4.69, 9.17) is 14.2 Å². The maximum atomic E-state index is 12.6. The minimum absolute atomic E-state index is 0.0964. The van der Waals surface area contributed by atoms with Gasteiger partial charge in [-0.25, -0.2) is 10.1 Å². The average Bonchev–Trinajstić information content (AvgIpc) is 2.75. The largest absolute Gasteiger partial charge is 0.493 e. The van der Waals surface area contributed by atoms with E-state index in [-0.39, 0.29) is 11.3 Å². The molecule has 0 atom stereocenters. The molecule has 1 aromatic heterocycles. The molecule has 3 rings (SSSR count). The first-order valence-electron chi connectivity index (χ1n) is 8.60. The number of amides is 1. The summed E-state index contributed by atoms with van der Waals surface area (Å²) in [7, 11) is 6.01. The summed E-state index contributed by atoms with van der Waals surface area (Å²) >= 11 is 0. The lowest BCUT2D eigenvalue weighted by Gasteiger charge is -2.13. The second kappa shape index (κ2) is 8.42. The van der Waals surface area contributed by atoms with E-state index in [1.165, 1.54) is 34.6 Å². The number of rotatable bonds is 6. The molecule has 0 aliphatic carbocycles. The first kappa shape index (κ1) is 19.9. The van der Waals surface area contributed by atoms with Crippen LogP contribution in [0.25, 0.3) is 10.8 Å². The van der Waals surface area contributed by atoms with Gasteiger partial charge in [-0.2, -0.15) is 10.2 Å². The van der Waals surface area contributed by atoms with Crippen molar-refractivity contribution in [2.45, 2.75) is 0 Å². The van der Waals surface area contributed by atoms with E-state index < -0.39 is 5.91 Å². The van der Waals surface area contributed by atoms with Crippen molar-refractivity contribution in [2.24, 2.45) is 12.1 Å². The second-order valence-corrected chi connectivity index (χ2v) is 5.95. The Labute approximate surface area is 166 Å². The Morgan fingerprint density at radius 2 is 1.72 bits per heavy atom. The highest BCUT2D eigenvalue weighted by Gasteiger charge is 2.16. The lowest BCUT2D eigenvalue weighted by atomic mass is 10.1. The Kier molecular flexibility index (Phi) is 5.77. The molecular formula is C20H20N4O5. The molecule has 0 unspecified atom stereocenters. The fourth-order valence-electron chi connectivity index (χ4n) is 2.91. The monoisotopic (exact) mass is 396 g/mol. The molecule has 0 spiro atoms. The van der Waals surface area contributed by atoms with Crippen LogP contribution in [0.4, 0.5) is 0 Å². The summed E-state index contributed by atoms with van der Waals surface area (Å²) in [6.07, 6.45) is 1.42. The Morgan fingerprint density at radius 3 is 2.38 bits per heavy atom. The molecule has 0 aliphatic rings. The Morgan fingerprint density at radius 1 is 1.03 bits per heavy atom. The zero-order valence-corrected chi connectivity index (χ0v) is 16.4. The van der Waals surface area contributed by atoms with Gasteiger partial charge in [-0.3, -0.25) is 9.59 Å². The Balaban J connectivity index is 1.91. The molecule has 9 nitrogen and oxygen atoms in total. The highest BCUT2D eigenvalue weighted by Crippen LogP contribution is 2.38. The molecule has 0 fully saturated rings. The minimum atomic E-state index is -0.549. The number of methoxy groups -OCH3 is 3. The van der Waals surface area contributed by atoms with Gasteiger partial charge >= 0.3 is 0 Å². The van der Waals surface area contributed by atoms with Gasteiger partial charge in [0, 0.05) is 18.0 Å². The van der Waals surface area contributed by atoms with Crippen molar-refractivity contribution in [2.75, 3.05) is 21.3 Å². The molecule has 1 N–H and O–H groups in total. The van der Waals surface area contributed by atoms with Gasteiger partial charge in [0.25, 0.3) is 11.5 Å². The fraction of sp³-hybridized carbons (Fsp3) is 0.200. The number of hydrogen-bond acceptors (Lipinski definition) is 7. The van der Waals surface area contributed by atoms with Crippen molar-refractivity contribution in [3.05, 3.63) is 58.0 Å². The summed E-state index contributed by atoms with van der Waals surface area (Å²) < 4.78 is 17.1. The number of hydrazone groups is 1. The van der Waals surface area contributed by atoms with Crippen molar-refractivity contribution in [1.29, 1.82) is 0 Å². The molecule has 150 valence electrons. The van der Waals surface area contributed by atoms with Crippen LogP contribution in [0.1, 0.15) is 16.1 Å². The number of nitrogens with one attached hydrogen (secondary N) is 1. The van der Waals surface area contributed by atoms with Crippen molar-refractivity contribution >= 4 is 22.9 Å². The first-order chi connectivity index (χ1) is 14.0. The molecule has 0 saturated carbocycles. The normalized spacial score (nSPS) is 10.9. The zero-order chi connectivity index (χ0) is 21.0. The molecule has 9 heteroatoms. The van der Waals surface area contributed by atoms with Gasteiger partial charge in [-0.15, -0.1) is 0 Å². The molecule has 0 bridgehead atoms. The van der Waals surface area contributed by atoms with Crippen LogP contribution >= 0.6 is 0 Å². The number of carbonyl (C=O) groups excluding carboxylic acids is 1. The van der Waals surface area contributed by atoms with Crippen LogP contribution in [0, 0.1) is 0 Å². The maximum absolute atomic E-state index is 12.6. The standard InChI is InChI=1S/C20H20N4O5/c1-24-20(26)14-8-6-5-7-13(14)16(23-24)19(25)22-21-11-12-9-10-15(27-2)18(29-4)17(12)28-3/h5-11H,1-4H3,(H,22,25)/b21-11-. The first-order valence-corrected chi connectivity index (χ1v) is 8.60. The summed E-state index contributed by atoms with van der Waals surface area (Å²) in [4.78, 5) is 24.8. The van der Waals surface area contributed by atoms with E-state index in [0.717, 1.165) is 4.68 Å². The predicted octanol–water partition coefficient (Wildman–Crippen LogP) is 1.72. The quantitative estimate of drug-likeness (QED) is 0.503. The van der Waals surface area contributed by atoms with E-state index in [2.05, 4.69) is 15.6 Å². The number of fused-ring (bicyclic) bond motifs is 1. The third-order valence-corrected chi connectivity index (χ3v) is 4.28. The molecular weight excluding hydrogens is 376 g/mol. The third kappa shape index (κ3) is 3.75. The highest BCUT2D eigenvalue weighted by molar-refractivity contribution is 6.05. The number of hydrogen-bond donors (Lipinski definition) is 1. The molecule has 29 heavy (non-hydrogen) atoms. The summed E-state index contributed by atoms with van der Waals surface area (Å²) in [6.45, 7) is 0. The fourth-order valence-corrected chi connectivity index (χ4v) is 2.91. The molecule has 1 heterocycles. The predicted molar refractivity (Wildman–Crippen MR) is 108 cm³/mol. The van der Waals surface area contributed by atoms with Crippen LogP contribution in [0.2, 0.25) is 0 Å². The van der Waals surface area contributed by atoms with E-state index in [9.17, 15) is 9.59 Å². The van der Waals surface area contributed by atoms with Crippen LogP contribution in [0.15, 0.2) is 46.3 Å². The average molecular weight is 396 g/mol. The molecule has 2 aromatic carbocycles. The lowest BCUT2D eigenvalue weighted by molar-refractivity contribution is 0.0950. The maximum Gasteiger partial charge on any atom is 0.292 e. The number of nitrogens with zero attached hydrogens (tertiary/aromatic N) is 3. The molecule has 1 amide bonds. The van der Waals surface area contributed by atoms with Gasteiger partial charge in [0.15, 0.2) is 17.2 Å². The van der Waals surface area contributed by atoms with Gasteiger partial charge in [0.05, 0.1) is 32.9 Å². The van der Waals surface area contributed by atoms with Gasteiger partial charge in [-0.05, 0) is 18.2 Å². The topological polar surface area (TPSA) is 104 Å². The van der Waals surface area contributed by atoms with Crippen LogP contribution < -0.4 is 25.2 Å². The van der Waals surface area contributed by atoms with E-state index >= 15 is 0 Å². The van der Waals surface area contributed by atoms with E-state index in [1.807, 2.05) is 0 Å². The molecule has 0 aliphatic heterocycles. The summed E-state index contributed by atoms with van der Waals surface area (Å²) in [6, 6.07) is 10.2. The molecule has 0 saturated heterocycles. The van der Waals surface area contributed by atoms with Crippen molar-refractivity contribution < 1.29 is 19.0 Å². The van der Waals surface area contributed by atoms with E-state index in [0.29, 0.717) is 33.6 Å². The second-order valence-electron chi connectivity index (χ2n) is 5.95. The van der Waals surface area contributed by atoms with Crippen molar-refractivity contribution in [1.82, 2.24) is 15.2 Å². The van der Waals surface area contributed by atoms with Gasteiger partial charge in [-0.1, -0.05) is 18.2 Å². The summed E-state index contributed by atoms with van der Waals surface area (Å²) in [5.74, 6) is 0.783. The third-order valence-electron chi connectivity index (χ3n) is 4.28. The van der Waals surface area contributed by atoms with Crippen LogP contribution in [-0.2, 0) is 7.05 Å². The SMILES string of the molecule is COc1ccc(/C=N\NC(=O)c2nn(C)c(=O)c3ccccc23)c(OC)c1OC. The Hall–Kier alpha value is -3.88. The number of ether oxygens (including phenoxy) is 3. The van der Waals surface area contributed by atoms with Crippen LogP contribution in [-0.4, -0.2) is 43.2 Å². The van der Waals surface area contributed by atoms with Gasteiger partial charge in [0.2, 0.25) is 5.75 Å². The smallest absolute Gasteiger partial charge is 0.292 e. The lowest BCUT2D eigenvalue weighted by Crippen LogP contribution is -2.27. The van der Waals surface area contributed by atoms with Crippen molar-refractivity contribution in [3.8, 4) is 17.2 Å². The number of benzene rings is 2. The van der Waals surface area contributed by atoms with Crippen LogP contribution in [0.3, 0.4) is 0 Å². The number of aryl methyl sites for hydroxylation is 1. The van der Waals surface area contributed by atoms with Crippen LogP contribution in [0.5, 0.6) is 17.2 Å². The van der Waals surface area contributed by atoms with E-state index in [1.54, 1.807) is 36.4 Å². The number of carbonyl (C=O) groups is 1. The zero-order valence-electron chi connectivity index (χ0n) is 16.4. The summed E-state index contributed by atoms with van der Waals surface area (Å²) in [5.41, 5.74) is 2.82. The highest BCUT2D eigenvalue weighted by atomic mass is 16.5.